The zero-order valence-corrected chi connectivity index (χ0v) is 11.2. The maximum Gasteiger partial charge on any atom is 0.226 e. The summed E-state index contributed by atoms with van der Waals surface area (Å²) in [6, 6.07) is 8.55. The number of hydrogen-bond acceptors (Lipinski definition) is 2. The highest BCUT2D eigenvalue weighted by atomic mass is 16.3. The first-order valence-corrected chi connectivity index (χ1v) is 7.16. The predicted octanol–water partition coefficient (Wildman–Crippen LogP) is 1.56. The molecule has 4 rings (SSSR count). The van der Waals surface area contributed by atoms with Gasteiger partial charge in [-0.05, 0) is 42.7 Å². The minimum Gasteiger partial charge on any atom is -0.386 e. The van der Waals surface area contributed by atoms with E-state index >= 15 is 0 Å². The van der Waals surface area contributed by atoms with Crippen molar-refractivity contribution < 1.29 is 9.90 Å². The average Bonchev–Trinajstić information content (AvgIpc) is 3.09. The Bertz CT molecular complexity index is 543. The summed E-state index contributed by atoms with van der Waals surface area (Å²) in [5.74, 6) is 1.44. The van der Waals surface area contributed by atoms with Crippen LogP contribution in [0.2, 0.25) is 0 Å². The molecule has 0 aromatic heterocycles. The topological polar surface area (TPSA) is 40.5 Å². The maximum absolute atomic E-state index is 12.5. The lowest BCUT2D eigenvalue weighted by atomic mass is 9.92. The van der Waals surface area contributed by atoms with Crippen molar-refractivity contribution in [3.63, 3.8) is 0 Å². The predicted molar refractivity (Wildman–Crippen MR) is 71.7 cm³/mol. The number of nitrogens with zero attached hydrogens (tertiary/aromatic N) is 1. The van der Waals surface area contributed by atoms with Crippen LogP contribution in [0.15, 0.2) is 24.3 Å². The molecule has 100 valence electrons. The van der Waals surface area contributed by atoms with E-state index in [1.54, 1.807) is 6.92 Å². The third kappa shape index (κ3) is 1.64. The molecule has 0 radical (unpaired) electrons. The molecule has 1 aromatic rings. The van der Waals surface area contributed by atoms with Crippen LogP contribution in [0.1, 0.15) is 30.4 Å². The van der Waals surface area contributed by atoms with E-state index in [2.05, 4.69) is 24.3 Å². The standard InChI is InChI=1S/C16H19NO2/c1-16(19)8-17(9-16)15(18)14-12-7-6-10-4-2-3-5-11(10)13(12)14/h2-5,12-14,19H,6-9H2,1H3. The molecule has 0 bridgehead atoms. The fourth-order valence-electron chi connectivity index (χ4n) is 4.05. The molecule has 2 aliphatic carbocycles. The molecule has 3 heteroatoms. The van der Waals surface area contributed by atoms with E-state index in [0.29, 0.717) is 24.9 Å². The number of likely N-dealkylation sites (tertiary alicyclic amines) is 1. The van der Waals surface area contributed by atoms with Gasteiger partial charge >= 0.3 is 0 Å². The van der Waals surface area contributed by atoms with Crippen LogP contribution >= 0.6 is 0 Å². The van der Waals surface area contributed by atoms with E-state index in [9.17, 15) is 9.90 Å². The second-order valence-electron chi connectivity index (χ2n) is 6.64. The summed E-state index contributed by atoms with van der Waals surface area (Å²) >= 11 is 0. The van der Waals surface area contributed by atoms with Gasteiger partial charge in [0.25, 0.3) is 0 Å². The lowest BCUT2D eigenvalue weighted by Crippen LogP contribution is -2.62. The van der Waals surface area contributed by atoms with Gasteiger partial charge in [-0.25, -0.2) is 0 Å². The van der Waals surface area contributed by atoms with E-state index in [4.69, 9.17) is 0 Å². The summed E-state index contributed by atoms with van der Waals surface area (Å²) in [5, 5.41) is 9.76. The number of β-amino-alcohol motifs (C(OH)–C–C–N with tert-alkyl or cyclic N) is 1. The second kappa shape index (κ2) is 3.60. The van der Waals surface area contributed by atoms with Gasteiger partial charge in [-0.1, -0.05) is 24.3 Å². The number of amides is 1. The Morgan fingerprint density at radius 2 is 2.11 bits per heavy atom. The van der Waals surface area contributed by atoms with Crippen molar-refractivity contribution >= 4 is 5.91 Å². The highest BCUT2D eigenvalue weighted by Gasteiger charge is 2.59. The number of aryl methyl sites for hydroxylation is 1. The fourth-order valence-corrected chi connectivity index (χ4v) is 4.05. The van der Waals surface area contributed by atoms with Gasteiger partial charge in [0.05, 0.1) is 18.7 Å². The van der Waals surface area contributed by atoms with E-state index < -0.39 is 5.60 Å². The van der Waals surface area contributed by atoms with E-state index in [1.165, 1.54) is 11.1 Å². The van der Waals surface area contributed by atoms with Gasteiger partial charge in [-0.15, -0.1) is 0 Å². The summed E-state index contributed by atoms with van der Waals surface area (Å²) in [4.78, 5) is 14.3. The first kappa shape index (κ1) is 11.5. The number of aliphatic hydroxyl groups is 1. The Kier molecular flexibility index (Phi) is 2.17. The van der Waals surface area contributed by atoms with Crippen LogP contribution in [-0.4, -0.2) is 34.6 Å². The Balaban J connectivity index is 1.53. The molecule has 19 heavy (non-hydrogen) atoms. The molecule has 3 aliphatic rings. The van der Waals surface area contributed by atoms with Crippen molar-refractivity contribution in [2.24, 2.45) is 11.8 Å². The molecular weight excluding hydrogens is 238 g/mol. The van der Waals surface area contributed by atoms with Crippen molar-refractivity contribution in [3.8, 4) is 0 Å². The molecule has 1 aliphatic heterocycles. The molecule has 1 saturated heterocycles. The SMILES string of the molecule is CC1(O)CN(C(=O)C2C3CCc4ccccc4C32)C1. The number of benzene rings is 1. The zero-order chi connectivity index (χ0) is 13.2. The highest BCUT2D eigenvalue weighted by molar-refractivity contribution is 5.85. The van der Waals surface area contributed by atoms with Gasteiger partial charge in [0.15, 0.2) is 0 Å². The zero-order valence-electron chi connectivity index (χ0n) is 11.2. The molecule has 1 heterocycles. The van der Waals surface area contributed by atoms with E-state index in [0.717, 1.165) is 12.8 Å². The summed E-state index contributed by atoms with van der Waals surface area (Å²) in [6.45, 7) is 2.80. The minimum atomic E-state index is -0.659. The molecule has 1 aromatic carbocycles. The fraction of sp³-hybridized carbons (Fsp3) is 0.562. The molecule has 3 nitrogen and oxygen atoms in total. The number of carbonyl (C=O) groups is 1. The Morgan fingerprint density at radius 3 is 2.84 bits per heavy atom. The summed E-state index contributed by atoms with van der Waals surface area (Å²) in [7, 11) is 0. The van der Waals surface area contributed by atoms with Crippen LogP contribution in [0, 0.1) is 11.8 Å². The average molecular weight is 257 g/mol. The van der Waals surface area contributed by atoms with Crippen molar-refractivity contribution in [1.82, 2.24) is 4.90 Å². The number of fused-ring (bicyclic) bond motifs is 3. The van der Waals surface area contributed by atoms with Gasteiger partial charge in [0.2, 0.25) is 5.91 Å². The molecule has 1 saturated carbocycles. The largest absolute Gasteiger partial charge is 0.386 e. The molecule has 2 fully saturated rings. The Morgan fingerprint density at radius 1 is 1.37 bits per heavy atom. The van der Waals surface area contributed by atoms with Gasteiger partial charge in [-0.2, -0.15) is 0 Å². The molecule has 3 unspecified atom stereocenters. The lowest BCUT2D eigenvalue weighted by Gasteiger charge is -2.44. The van der Waals surface area contributed by atoms with Crippen molar-refractivity contribution in [2.75, 3.05) is 13.1 Å². The van der Waals surface area contributed by atoms with Crippen LogP contribution in [0.4, 0.5) is 0 Å². The van der Waals surface area contributed by atoms with Crippen LogP contribution in [0.5, 0.6) is 0 Å². The van der Waals surface area contributed by atoms with Crippen molar-refractivity contribution in [1.29, 1.82) is 0 Å². The molecule has 1 amide bonds. The maximum atomic E-state index is 12.5. The van der Waals surface area contributed by atoms with Gasteiger partial charge < -0.3 is 10.0 Å². The third-order valence-electron chi connectivity index (χ3n) is 4.99. The molecule has 3 atom stereocenters. The quantitative estimate of drug-likeness (QED) is 0.829. The molecular formula is C16H19NO2. The Hall–Kier alpha value is -1.35. The van der Waals surface area contributed by atoms with Crippen LogP contribution in [0.3, 0.4) is 0 Å². The number of carbonyl (C=O) groups excluding carboxylic acids is 1. The van der Waals surface area contributed by atoms with Crippen LogP contribution in [-0.2, 0) is 11.2 Å². The molecule has 0 spiro atoms. The van der Waals surface area contributed by atoms with Gasteiger partial charge in [0.1, 0.15) is 0 Å². The van der Waals surface area contributed by atoms with Crippen LogP contribution < -0.4 is 0 Å². The number of hydrogen-bond donors (Lipinski definition) is 1. The van der Waals surface area contributed by atoms with Gasteiger partial charge in [0, 0.05) is 5.92 Å². The monoisotopic (exact) mass is 257 g/mol. The Labute approximate surface area is 113 Å². The minimum absolute atomic E-state index is 0.180. The first-order chi connectivity index (χ1) is 9.07. The smallest absolute Gasteiger partial charge is 0.226 e. The van der Waals surface area contributed by atoms with E-state index in [-0.39, 0.29) is 11.8 Å². The first-order valence-electron chi connectivity index (χ1n) is 7.16. The lowest BCUT2D eigenvalue weighted by molar-refractivity contribution is -0.154. The summed E-state index contributed by atoms with van der Waals surface area (Å²) in [5.41, 5.74) is 2.16. The van der Waals surface area contributed by atoms with Crippen molar-refractivity contribution in [3.05, 3.63) is 35.4 Å². The van der Waals surface area contributed by atoms with Gasteiger partial charge in [-0.3, -0.25) is 4.79 Å². The van der Waals surface area contributed by atoms with Crippen LogP contribution in [0.25, 0.3) is 0 Å². The highest BCUT2D eigenvalue weighted by Crippen LogP contribution is 2.60. The van der Waals surface area contributed by atoms with Crippen molar-refractivity contribution in [2.45, 2.75) is 31.3 Å². The second-order valence-corrected chi connectivity index (χ2v) is 6.64. The third-order valence-corrected chi connectivity index (χ3v) is 4.99. The summed E-state index contributed by atoms with van der Waals surface area (Å²) < 4.78 is 0. The van der Waals surface area contributed by atoms with E-state index in [1.807, 2.05) is 4.90 Å². The normalized spacial score (nSPS) is 34.0. The molecule has 1 N–H and O–H groups in total. The number of rotatable bonds is 1. The summed E-state index contributed by atoms with van der Waals surface area (Å²) in [6.07, 6.45) is 2.25.